The van der Waals surface area contributed by atoms with Gasteiger partial charge >= 0.3 is 5.97 Å². The lowest BCUT2D eigenvalue weighted by Gasteiger charge is -2.57. The van der Waals surface area contributed by atoms with Crippen LogP contribution in [-0.2, 0) is 19.1 Å². The SMILES string of the molecule is CC(=O)OC1CCC2(C=O)C(=CCC3C2CCC2(C)C(C(C)=O)CCC32)C1. The van der Waals surface area contributed by atoms with E-state index in [1.807, 2.05) is 0 Å². The number of hydrogen-bond donors (Lipinski definition) is 0. The zero-order valence-corrected chi connectivity index (χ0v) is 16.8. The van der Waals surface area contributed by atoms with Gasteiger partial charge in [-0.25, -0.2) is 0 Å². The van der Waals surface area contributed by atoms with E-state index in [4.69, 9.17) is 4.74 Å². The van der Waals surface area contributed by atoms with Gasteiger partial charge in [0.05, 0.1) is 5.41 Å². The molecular formula is C23H32O4. The van der Waals surface area contributed by atoms with Gasteiger partial charge in [0.2, 0.25) is 0 Å². The second kappa shape index (κ2) is 6.56. The Morgan fingerprint density at radius 3 is 2.56 bits per heavy atom. The van der Waals surface area contributed by atoms with Crippen molar-refractivity contribution >= 4 is 18.0 Å². The van der Waals surface area contributed by atoms with Crippen LogP contribution in [0.2, 0.25) is 0 Å². The van der Waals surface area contributed by atoms with Gasteiger partial charge in [-0.2, -0.15) is 0 Å². The maximum Gasteiger partial charge on any atom is 0.302 e. The molecule has 148 valence electrons. The minimum atomic E-state index is -0.366. The number of Topliss-reactive ketones (excluding diaryl/α,β-unsaturated/α-hetero) is 1. The summed E-state index contributed by atoms with van der Waals surface area (Å²) in [6.45, 7) is 5.55. The third-order valence-corrected chi connectivity index (χ3v) is 8.69. The van der Waals surface area contributed by atoms with Gasteiger partial charge in [0.1, 0.15) is 18.2 Å². The van der Waals surface area contributed by atoms with Crippen molar-refractivity contribution in [2.45, 2.75) is 78.2 Å². The van der Waals surface area contributed by atoms with Crippen LogP contribution in [0.5, 0.6) is 0 Å². The zero-order chi connectivity index (χ0) is 19.4. The first kappa shape index (κ1) is 18.9. The lowest BCUT2D eigenvalue weighted by molar-refractivity contribution is -0.149. The summed E-state index contributed by atoms with van der Waals surface area (Å²) in [4.78, 5) is 36.0. The van der Waals surface area contributed by atoms with Crippen LogP contribution in [0.4, 0.5) is 0 Å². The van der Waals surface area contributed by atoms with Gasteiger partial charge in [-0.15, -0.1) is 0 Å². The Balaban J connectivity index is 1.63. The first-order valence-corrected chi connectivity index (χ1v) is 10.7. The first-order chi connectivity index (χ1) is 12.8. The highest BCUT2D eigenvalue weighted by Gasteiger charge is 2.60. The molecular weight excluding hydrogens is 340 g/mol. The van der Waals surface area contributed by atoms with E-state index in [0.29, 0.717) is 30.0 Å². The van der Waals surface area contributed by atoms with Crippen LogP contribution in [0.3, 0.4) is 0 Å². The number of esters is 1. The van der Waals surface area contributed by atoms with Crippen molar-refractivity contribution in [2.75, 3.05) is 0 Å². The predicted molar refractivity (Wildman–Crippen MR) is 102 cm³/mol. The number of ether oxygens (including phenoxy) is 1. The van der Waals surface area contributed by atoms with E-state index in [0.717, 1.165) is 44.9 Å². The smallest absolute Gasteiger partial charge is 0.302 e. The Kier molecular flexibility index (Phi) is 4.59. The highest BCUT2D eigenvalue weighted by atomic mass is 16.5. The standard InChI is InChI=1S/C23H32O4/c1-14(25)19-6-7-20-18-5-4-16-12-17(27-15(2)26)8-11-23(16,13-24)21(18)9-10-22(19,20)3/h4,13,17-21H,5-12H2,1-3H3. The third kappa shape index (κ3) is 2.74. The fourth-order valence-electron chi connectivity index (χ4n) is 7.55. The van der Waals surface area contributed by atoms with Gasteiger partial charge < -0.3 is 9.53 Å². The fraction of sp³-hybridized carbons (Fsp3) is 0.783. The van der Waals surface area contributed by atoms with Crippen LogP contribution in [0, 0.1) is 34.5 Å². The van der Waals surface area contributed by atoms with Crippen LogP contribution < -0.4 is 0 Å². The third-order valence-electron chi connectivity index (χ3n) is 8.69. The molecule has 4 aliphatic rings. The lowest BCUT2D eigenvalue weighted by Crippen LogP contribution is -2.52. The lowest BCUT2D eigenvalue weighted by atomic mass is 9.47. The quantitative estimate of drug-likeness (QED) is 0.422. The van der Waals surface area contributed by atoms with Gasteiger partial charge in [0.25, 0.3) is 0 Å². The Labute approximate surface area is 162 Å². The summed E-state index contributed by atoms with van der Waals surface area (Å²) in [5, 5.41) is 0. The van der Waals surface area contributed by atoms with E-state index in [1.54, 1.807) is 6.92 Å². The van der Waals surface area contributed by atoms with Crippen molar-refractivity contribution < 1.29 is 19.1 Å². The summed E-state index contributed by atoms with van der Waals surface area (Å²) in [7, 11) is 0. The van der Waals surface area contributed by atoms with Crippen LogP contribution in [-0.4, -0.2) is 24.1 Å². The highest BCUT2D eigenvalue weighted by Crippen LogP contribution is 2.66. The Hall–Kier alpha value is -1.45. The van der Waals surface area contributed by atoms with Crippen molar-refractivity contribution in [1.82, 2.24) is 0 Å². The predicted octanol–water partition coefficient (Wildman–Crippen LogP) is 4.27. The van der Waals surface area contributed by atoms with Gasteiger partial charge in [-0.1, -0.05) is 18.6 Å². The molecule has 0 N–H and O–H groups in total. The minimum absolute atomic E-state index is 0.0826. The number of carbonyl (C=O) groups is 3. The van der Waals surface area contributed by atoms with Crippen molar-refractivity contribution in [2.24, 2.45) is 34.5 Å². The number of ketones is 1. The summed E-state index contributed by atoms with van der Waals surface area (Å²) < 4.78 is 5.46. The van der Waals surface area contributed by atoms with E-state index in [1.165, 1.54) is 18.8 Å². The van der Waals surface area contributed by atoms with Gasteiger partial charge in [-0.05, 0) is 75.0 Å². The summed E-state index contributed by atoms with van der Waals surface area (Å²) >= 11 is 0. The number of fused-ring (bicyclic) bond motifs is 5. The van der Waals surface area contributed by atoms with E-state index >= 15 is 0 Å². The molecule has 27 heavy (non-hydrogen) atoms. The van der Waals surface area contributed by atoms with Gasteiger partial charge in [0, 0.05) is 19.3 Å². The molecule has 0 aliphatic heterocycles. The van der Waals surface area contributed by atoms with Gasteiger partial charge in [0.15, 0.2) is 0 Å². The first-order valence-electron chi connectivity index (χ1n) is 10.7. The normalized spacial score (nSPS) is 45.7. The molecule has 4 heteroatoms. The molecule has 0 aromatic heterocycles. The Bertz CT molecular complexity index is 694. The summed E-state index contributed by atoms with van der Waals surface area (Å²) in [6, 6.07) is 0. The molecule has 0 heterocycles. The fourth-order valence-corrected chi connectivity index (χ4v) is 7.55. The molecule has 0 saturated heterocycles. The average molecular weight is 373 g/mol. The molecule has 0 radical (unpaired) electrons. The van der Waals surface area contributed by atoms with Crippen LogP contribution in [0.15, 0.2) is 11.6 Å². The largest absolute Gasteiger partial charge is 0.462 e. The van der Waals surface area contributed by atoms with E-state index in [9.17, 15) is 14.4 Å². The molecule has 0 spiro atoms. The van der Waals surface area contributed by atoms with Gasteiger partial charge in [-0.3, -0.25) is 9.59 Å². The second-order valence-corrected chi connectivity index (χ2v) is 9.76. The molecule has 7 unspecified atom stereocenters. The van der Waals surface area contributed by atoms with Crippen LogP contribution in [0.25, 0.3) is 0 Å². The molecule has 0 aromatic carbocycles. The number of aldehydes is 1. The number of hydrogen-bond acceptors (Lipinski definition) is 4. The maximum atomic E-state index is 12.4. The highest BCUT2D eigenvalue weighted by molar-refractivity contribution is 5.79. The molecule has 4 rings (SSSR count). The molecule has 7 atom stereocenters. The molecule has 0 aromatic rings. The van der Waals surface area contributed by atoms with Crippen LogP contribution >= 0.6 is 0 Å². The van der Waals surface area contributed by atoms with Crippen molar-refractivity contribution in [3.8, 4) is 0 Å². The number of carbonyl (C=O) groups excluding carboxylic acids is 3. The summed E-state index contributed by atoms with van der Waals surface area (Å²) in [5.41, 5.74) is 0.952. The van der Waals surface area contributed by atoms with E-state index < -0.39 is 0 Å². The van der Waals surface area contributed by atoms with Crippen molar-refractivity contribution in [3.05, 3.63) is 11.6 Å². The summed E-state index contributed by atoms with van der Waals surface area (Å²) in [6.07, 6.45) is 10.9. The molecule has 4 aliphatic carbocycles. The Morgan fingerprint density at radius 1 is 1.11 bits per heavy atom. The number of rotatable bonds is 3. The molecule has 3 saturated carbocycles. The van der Waals surface area contributed by atoms with E-state index in [2.05, 4.69) is 13.0 Å². The zero-order valence-electron chi connectivity index (χ0n) is 16.8. The molecule has 3 fully saturated rings. The maximum absolute atomic E-state index is 12.4. The minimum Gasteiger partial charge on any atom is -0.462 e. The molecule has 4 nitrogen and oxygen atoms in total. The topological polar surface area (TPSA) is 60.4 Å². The van der Waals surface area contributed by atoms with Crippen molar-refractivity contribution in [1.29, 1.82) is 0 Å². The number of allylic oxidation sites excluding steroid dienone is 1. The molecule has 0 amide bonds. The summed E-state index contributed by atoms with van der Waals surface area (Å²) in [5.74, 6) is 1.75. The average Bonchev–Trinajstić information content (AvgIpc) is 2.98. The second-order valence-electron chi connectivity index (χ2n) is 9.76. The van der Waals surface area contributed by atoms with Crippen molar-refractivity contribution in [3.63, 3.8) is 0 Å². The van der Waals surface area contributed by atoms with Crippen LogP contribution in [0.1, 0.15) is 72.1 Å². The monoisotopic (exact) mass is 372 g/mol. The van der Waals surface area contributed by atoms with E-state index in [-0.39, 0.29) is 28.8 Å². The Morgan fingerprint density at radius 2 is 1.89 bits per heavy atom. The molecule has 0 bridgehead atoms.